The molecular formula is C24H23FN4O4. The number of para-hydroxylation sites is 2. The molecule has 0 fully saturated rings. The quantitative estimate of drug-likeness (QED) is 0.322. The molecule has 1 amide bonds. The van der Waals surface area contributed by atoms with Crippen molar-refractivity contribution in [1.29, 1.82) is 0 Å². The largest absolute Gasteiger partial charge is 0.397 e. The fourth-order valence-electron chi connectivity index (χ4n) is 3.64. The SMILES string of the molecule is Nc1ccccc1NC(=O)c1ccc(Cn2c(=O)n(CC(O)CO)c3ccc(F)cc32)cc1. The molecule has 1 unspecified atom stereocenters. The van der Waals surface area contributed by atoms with Crippen LogP contribution in [-0.4, -0.2) is 38.0 Å². The van der Waals surface area contributed by atoms with Gasteiger partial charge in [-0.1, -0.05) is 24.3 Å². The van der Waals surface area contributed by atoms with E-state index in [1.54, 1.807) is 48.5 Å². The van der Waals surface area contributed by atoms with Gasteiger partial charge in [-0.3, -0.25) is 13.9 Å². The van der Waals surface area contributed by atoms with Gasteiger partial charge in [0, 0.05) is 5.56 Å². The minimum atomic E-state index is -1.12. The molecule has 4 rings (SSSR count). The van der Waals surface area contributed by atoms with Crippen LogP contribution in [0.15, 0.2) is 71.5 Å². The normalized spacial score (nSPS) is 12.1. The van der Waals surface area contributed by atoms with Crippen molar-refractivity contribution >= 4 is 28.3 Å². The summed E-state index contributed by atoms with van der Waals surface area (Å²) in [6.07, 6.45) is -1.12. The number of anilines is 2. The zero-order valence-electron chi connectivity index (χ0n) is 17.6. The van der Waals surface area contributed by atoms with E-state index in [0.717, 1.165) is 5.56 Å². The lowest BCUT2D eigenvalue weighted by atomic mass is 10.1. The molecule has 1 aromatic heterocycles. The number of benzene rings is 3. The molecule has 0 aliphatic heterocycles. The number of nitrogen functional groups attached to an aromatic ring is 1. The van der Waals surface area contributed by atoms with Crippen LogP contribution in [0.3, 0.4) is 0 Å². The van der Waals surface area contributed by atoms with E-state index in [0.29, 0.717) is 28.0 Å². The zero-order valence-corrected chi connectivity index (χ0v) is 17.6. The van der Waals surface area contributed by atoms with Gasteiger partial charge >= 0.3 is 5.69 Å². The van der Waals surface area contributed by atoms with Gasteiger partial charge < -0.3 is 21.3 Å². The van der Waals surface area contributed by atoms with E-state index in [4.69, 9.17) is 10.8 Å². The number of rotatable bonds is 7. The summed E-state index contributed by atoms with van der Waals surface area (Å²) in [5.41, 5.74) is 8.34. The lowest BCUT2D eigenvalue weighted by Gasteiger charge is -2.09. The van der Waals surface area contributed by atoms with Crippen molar-refractivity contribution in [2.75, 3.05) is 17.7 Å². The second-order valence-electron chi connectivity index (χ2n) is 7.69. The Morgan fingerprint density at radius 2 is 1.76 bits per heavy atom. The smallest absolute Gasteiger partial charge is 0.329 e. The van der Waals surface area contributed by atoms with Gasteiger partial charge in [0.1, 0.15) is 5.82 Å². The summed E-state index contributed by atoms with van der Waals surface area (Å²) in [5, 5.41) is 21.7. The summed E-state index contributed by atoms with van der Waals surface area (Å²) >= 11 is 0. The molecule has 0 radical (unpaired) electrons. The number of nitrogens with two attached hydrogens (primary N) is 1. The number of aliphatic hydroxyl groups is 2. The maximum atomic E-state index is 13.9. The summed E-state index contributed by atoms with van der Waals surface area (Å²) in [5.74, 6) is -0.823. The van der Waals surface area contributed by atoms with Crippen molar-refractivity contribution < 1.29 is 19.4 Å². The number of halogens is 1. The summed E-state index contributed by atoms with van der Waals surface area (Å²) in [4.78, 5) is 25.5. The lowest BCUT2D eigenvalue weighted by molar-refractivity contribution is 0.0812. The second kappa shape index (κ2) is 9.27. The van der Waals surface area contributed by atoms with Crippen LogP contribution >= 0.6 is 0 Å². The molecule has 9 heteroatoms. The summed E-state index contributed by atoms with van der Waals surface area (Å²) in [7, 11) is 0. The summed E-state index contributed by atoms with van der Waals surface area (Å²) in [6, 6.07) is 17.6. The first kappa shape index (κ1) is 22.3. The molecule has 3 aromatic carbocycles. The Labute approximate surface area is 188 Å². The zero-order chi connectivity index (χ0) is 23.5. The van der Waals surface area contributed by atoms with E-state index in [1.165, 1.54) is 27.3 Å². The van der Waals surface area contributed by atoms with Gasteiger partial charge in [0.25, 0.3) is 5.91 Å². The predicted octanol–water partition coefficient (Wildman–Crippen LogP) is 2.18. The molecule has 33 heavy (non-hydrogen) atoms. The van der Waals surface area contributed by atoms with E-state index in [2.05, 4.69) is 5.32 Å². The highest BCUT2D eigenvalue weighted by molar-refractivity contribution is 6.05. The van der Waals surface area contributed by atoms with E-state index in [-0.39, 0.29) is 19.0 Å². The van der Waals surface area contributed by atoms with Crippen molar-refractivity contribution in [3.63, 3.8) is 0 Å². The summed E-state index contributed by atoms with van der Waals surface area (Å²) < 4.78 is 16.6. The number of nitrogens with one attached hydrogen (secondary N) is 1. The minimum Gasteiger partial charge on any atom is -0.397 e. The highest BCUT2D eigenvalue weighted by atomic mass is 19.1. The molecule has 0 saturated carbocycles. The van der Waals surface area contributed by atoms with Crippen LogP contribution in [0.1, 0.15) is 15.9 Å². The molecule has 1 atom stereocenters. The Morgan fingerprint density at radius 3 is 2.45 bits per heavy atom. The third kappa shape index (κ3) is 4.64. The first-order valence-electron chi connectivity index (χ1n) is 10.3. The van der Waals surface area contributed by atoms with Gasteiger partial charge in [0.2, 0.25) is 0 Å². The first-order chi connectivity index (χ1) is 15.9. The number of fused-ring (bicyclic) bond motifs is 1. The van der Waals surface area contributed by atoms with E-state index in [9.17, 15) is 19.1 Å². The number of hydrogen-bond donors (Lipinski definition) is 4. The lowest BCUT2D eigenvalue weighted by Crippen LogP contribution is -2.30. The van der Waals surface area contributed by atoms with Crippen molar-refractivity contribution in [1.82, 2.24) is 9.13 Å². The monoisotopic (exact) mass is 450 g/mol. The number of nitrogens with zero attached hydrogens (tertiary/aromatic N) is 2. The van der Waals surface area contributed by atoms with Gasteiger partial charge in [-0.25, -0.2) is 9.18 Å². The van der Waals surface area contributed by atoms with Gasteiger partial charge in [0.15, 0.2) is 0 Å². The van der Waals surface area contributed by atoms with Crippen LogP contribution in [0.2, 0.25) is 0 Å². The highest BCUT2D eigenvalue weighted by Crippen LogP contribution is 2.19. The molecule has 1 heterocycles. The second-order valence-corrected chi connectivity index (χ2v) is 7.69. The van der Waals surface area contributed by atoms with Gasteiger partial charge in [-0.05, 0) is 48.0 Å². The van der Waals surface area contributed by atoms with Gasteiger partial charge in [-0.2, -0.15) is 0 Å². The number of amides is 1. The molecule has 0 spiro atoms. The predicted molar refractivity (Wildman–Crippen MR) is 124 cm³/mol. The number of aliphatic hydroxyl groups excluding tert-OH is 2. The topological polar surface area (TPSA) is 123 Å². The van der Waals surface area contributed by atoms with E-state index in [1.807, 2.05) is 0 Å². The van der Waals surface area contributed by atoms with Crippen molar-refractivity contribution in [3.8, 4) is 0 Å². The number of aromatic nitrogens is 2. The van der Waals surface area contributed by atoms with Crippen LogP contribution in [-0.2, 0) is 13.1 Å². The summed E-state index contributed by atoms with van der Waals surface area (Å²) in [6.45, 7) is -0.487. The number of carbonyl (C=O) groups excluding carboxylic acids is 1. The maximum absolute atomic E-state index is 13.9. The third-order valence-corrected chi connectivity index (χ3v) is 5.35. The Hall–Kier alpha value is -3.95. The average Bonchev–Trinajstić information content (AvgIpc) is 3.06. The molecule has 0 saturated heterocycles. The van der Waals surface area contributed by atoms with Crippen molar-refractivity contribution in [2.45, 2.75) is 19.2 Å². The van der Waals surface area contributed by atoms with Gasteiger partial charge in [0.05, 0.1) is 48.2 Å². The Bertz CT molecular complexity index is 1360. The van der Waals surface area contributed by atoms with Crippen molar-refractivity contribution in [3.05, 3.63) is 94.2 Å². The molecule has 8 nitrogen and oxygen atoms in total. The fourth-order valence-corrected chi connectivity index (χ4v) is 3.64. The number of imidazole rings is 1. The van der Waals surface area contributed by atoms with Crippen LogP contribution in [0, 0.1) is 5.82 Å². The average molecular weight is 450 g/mol. The van der Waals surface area contributed by atoms with E-state index < -0.39 is 24.2 Å². The number of carbonyl (C=O) groups is 1. The third-order valence-electron chi connectivity index (χ3n) is 5.35. The molecule has 0 aliphatic rings. The fraction of sp³-hybridized carbons (Fsp3) is 0.167. The van der Waals surface area contributed by atoms with Crippen LogP contribution in [0.5, 0.6) is 0 Å². The number of hydrogen-bond acceptors (Lipinski definition) is 5. The van der Waals surface area contributed by atoms with E-state index >= 15 is 0 Å². The first-order valence-corrected chi connectivity index (χ1v) is 10.3. The molecule has 0 aliphatic carbocycles. The van der Waals surface area contributed by atoms with Crippen LogP contribution in [0.25, 0.3) is 11.0 Å². The Morgan fingerprint density at radius 1 is 1.03 bits per heavy atom. The van der Waals surface area contributed by atoms with Gasteiger partial charge in [-0.15, -0.1) is 0 Å². The Balaban J connectivity index is 1.60. The molecule has 4 aromatic rings. The molecule has 170 valence electrons. The van der Waals surface area contributed by atoms with Crippen LogP contribution in [0.4, 0.5) is 15.8 Å². The molecule has 5 N–H and O–H groups in total. The van der Waals surface area contributed by atoms with Crippen molar-refractivity contribution in [2.24, 2.45) is 0 Å². The van der Waals surface area contributed by atoms with Crippen LogP contribution < -0.4 is 16.7 Å². The molecule has 0 bridgehead atoms. The maximum Gasteiger partial charge on any atom is 0.329 e. The Kier molecular flexibility index (Phi) is 6.25. The minimum absolute atomic E-state index is 0.119. The standard InChI is InChI=1S/C24H23FN4O4/c25-17-9-10-21-22(11-17)28(24(33)29(21)13-18(31)14-30)12-15-5-7-16(8-6-15)23(32)27-20-4-2-1-3-19(20)26/h1-11,18,30-31H,12-14,26H2,(H,27,32). The molecular weight excluding hydrogens is 427 g/mol. The highest BCUT2D eigenvalue weighted by Gasteiger charge is 2.17.